The van der Waals surface area contributed by atoms with Crippen LogP contribution in [0.1, 0.15) is 11.9 Å². The second-order valence-corrected chi connectivity index (χ2v) is 7.16. The van der Waals surface area contributed by atoms with Crippen LogP contribution in [0.3, 0.4) is 0 Å². The lowest BCUT2D eigenvalue weighted by atomic mass is 10.0. The number of thiazole rings is 1. The highest BCUT2D eigenvalue weighted by molar-refractivity contribution is 7.11. The first-order valence-electron chi connectivity index (χ1n) is 8.66. The van der Waals surface area contributed by atoms with Gasteiger partial charge in [0.05, 0.1) is 50.1 Å². The molecule has 0 atom stereocenters. The summed E-state index contributed by atoms with van der Waals surface area (Å²) in [7, 11) is 0. The van der Waals surface area contributed by atoms with Gasteiger partial charge in [0, 0.05) is 24.7 Å². The van der Waals surface area contributed by atoms with Crippen molar-refractivity contribution in [3.05, 3.63) is 27.9 Å². The Morgan fingerprint density at radius 2 is 2.23 bits per heavy atom. The summed E-state index contributed by atoms with van der Waals surface area (Å²) in [4.78, 5) is 37.8. The topological polar surface area (TPSA) is 84.3 Å². The van der Waals surface area contributed by atoms with Crippen LogP contribution in [0.4, 0.5) is 0 Å². The number of aliphatic imine (C=N–C) groups is 1. The van der Waals surface area contributed by atoms with Crippen LogP contribution >= 0.6 is 11.3 Å². The summed E-state index contributed by atoms with van der Waals surface area (Å²) in [6.45, 7) is 4.84. The highest BCUT2D eigenvalue weighted by Crippen LogP contribution is 2.28. The maximum Gasteiger partial charge on any atom is 0.337 e. The SMILES string of the molecule is CCOC(=O)C1=C2CN(C(=O)C3COC3)CCN2C(c2nccs2)=NC1. The van der Waals surface area contributed by atoms with Crippen molar-refractivity contribution in [2.45, 2.75) is 6.92 Å². The molecule has 0 saturated carbocycles. The first kappa shape index (κ1) is 17.2. The van der Waals surface area contributed by atoms with Crippen molar-refractivity contribution in [1.82, 2.24) is 14.8 Å². The molecule has 0 spiro atoms. The quantitative estimate of drug-likeness (QED) is 0.712. The van der Waals surface area contributed by atoms with Crippen molar-refractivity contribution in [3.63, 3.8) is 0 Å². The second-order valence-electron chi connectivity index (χ2n) is 6.27. The van der Waals surface area contributed by atoms with E-state index in [4.69, 9.17) is 9.47 Å². The molecule has 2 saturated heterocycles. The number of rotatable bonds is 4. The van der Waals surface area contributed by atoms with Crippen LogP contribution < -0.4 is 0 Å². The molecule has 0 bridgehead atoms. The fraction of sp³-hybridized carbons (Fsp3) is 0.529. The molecular formula is C17H20N4O4S. The van der Waals surface area contributed by atoms with Gasteiger partial charge in [0.15, 0.2) is 10.8 Å². The Hall–Kier alpha value is -2.26. The number of ether oxygens (including phenoxy) is 2. The molecule has 9 heteroatoms. The monoisotopic (exact) mass is 376 g/mol. The molecule has 0 radical (unpaired) electrons. The molecule has 4 heterocycles. The fourth-order valence-electron chi connectivity index (χ4n) is 3.27. The van der Waals surface area contributed by atoms with Crippen LogP contribution in [0.15, 0.2) is 27.8 Å². The number of nitrogens with zero attached hydrogens (tertiary/aromatic N) is 4. The van der Waals surface area contributed by atoms with Crippen molar-refractivity contribution in [3.8, 4) is 0 Å². The Morgan fingerprint density at radius 3 is 2.88 bits per heavy atom. The normalized spacial score (nSPS) is 20.4. The molecule has 8 nitrogen and oxygen atoms in total. The van der Waals surface area contributed by atoms with Gasteiger partial charge >= 0.3 is 5.97 Å². The maximum absolute atomic E-state index is 12.6. The van der Waals surface area contributed by atoms with E-state index in [2.05, 4.69) is 9.98 Å². The number of piperazine rings is 1. The summed E-state index contributed by atoms with van der Waals surface area (Å²) >= 11 is 1.51. The summed E-state index contributed by atoms with van der Waals surface area (Å²) in [5, 5.41) is 2.72. The molecule has 1 aromatic heterocycles. The van der Waals surface area contributed by atoms with Gasteiger partial charge in [0.25, 0.3) is 0 Å². The van der Waals surface area contributed by atoms with E-state index in [1.54, 1.807) is 13.1 Å². The van der Waals surface area contributed by atoms with Crippen molar-refractivity contribution in [1.29, 1.82) is 0 Å². The lowest BCUT2D eigenvalue weighted by molar-refractivity contribution is -0.150. The first-order valence-corrected chi connectivity index (χ1v) is 9.54. The molecule has 138 valence electrons. The van der Waals surface area contributed by atoms with Crippen molar-refractivity contribution in [2.75, 3.05) is 46.0 Å². The van der Waals surface area contributed by atoms with Crippen molar-refractivity contribution < 1.29 is 19.1 Å². The first-order chi connectivity index (χ1) is 12.7. The molecule has 3 aliphatic rings. The van der Waals surface area contributed by atoms with Crippen molar-refractivity contribution >= 4 is 29.0 Å². The summed E-state index contributed by atoms with van der Waals surface area (Å²) in [6, 6.07) is 0. The smallest absolute Gasteiger partial charge is 0.337 e. The standard InChI is InChI=1S/C17H20N4O4S/c1-2-25-17(23)12-7-19-14(15-18-3-6-26-15)21-5-4-20(8-13(12)21)16(22)11-9-24-10-11/h3,6,11H,2,4-5,7-10H2,1H3. The summed E-state index contributed by atoms with van der Waals surface area (Å²) in [5.41, 5.74) is 1.32. The molecule has 0 aromatic carbocycles. The molecule has 3 aliphatic heterocycles. The van der Waals surface area contributed by atoms with E-state index in [1.165, 1.54) is 11.3 Å². The Balaban J connectivity index is 1.62. The van der Waals surface area contributed by atoms with Gasteiger partial charge in [-0.25, -0.2) is 9.78 Å². The lowest BCUT2D eigenvalue weighted by Crippen LogP contribution is -2.55. The van der Waals surface area contributed by atoms with E-state index in [9.17, 15) is 9.59 Å². The predicted octanol–water partition coefficient (Wildman–Crippen LogP) is 0.511. The Bertz CT molecular complexity index is 770. The van der Waals surface area contributed by atoms with E-state index in [0.717, 1.165) is 16.5 Å². The van der Waals surface area contributed by atoms with Gasteiger partial charge in [-0.1, -0.05) is 0 Å². The molecule has 0 unspecified atom stereocenters. The van der Waals surface area contributed by atoms with E-state index < -0.39 is 0 Å². The average molecular weight is 376 g/mol. The summed E-state index contributed by atoms with van der Waals surface area (Å²) in [6.07, 6.45) is 1.74. The number of fused-ring (bicyclic) bond motifs is 1. The van der Waals surface area contributed by atoms with Crippen LogP contribution in [-0.2, 0) is 19.1 Å². The van der Waals surface area contributed by atoms with Crippen molar-refractivity contribution in [2.24, 2.45) is 10.9 Å². The lowest BCUT2D eigenvalue weighted by Gasteiger charge is -2.42. The molecular weight excluding hydrogens is 356 g/mol. The summed E-state index contributed by atoms with van der Waals surface area (Å²) in [5.74, 6) is 0.423. The number of hydrogen-bond donors (Lipinski definition) is 0. The van der Waals surface area contributed by atoms with Crippen LogP contribution in [0.5, 0.6) is 0 Å². The average Bonchev–Trinajstić information content (AvgIpc) is 3.13. The van der Waals surface area contributed by atoms with Crippen LogP contribution in [-0.4, -0.2) is 78.5 Å². The minimum Gasteiger partial charge on any atom is -0.463 e. The number of esters is 1. The van der Waals surface area contributed by atoms with Crippen LogP contribution in [0.25, 0.3) is 0 Å². The Morgan fingerprint density at radius 1 is 1.38 bits per heavy atom. The third-order valence-corrected chi connectivity index (χ3v) is 5.46. The van der Waals surface area contributed by atoms with Gasteiger partial charge in [-0.05, 0) is 6.92 Å². The third kappa shape index (κ3) is 3.01. The van der Waals surface area contributed by atoms with Crippen LogP contribution in [0.2, 0.25) is 0 Å². The third-order valence-electron chi connectivity index (χ3n) is 4.70. The number of amidine groups is 1. The molecule has 2 fully saturated rings. The Kier molecular flexibility index (Phi) is 4.73. The fourth-order valence-corrected chi connectivity index (χ4v) is 3.92. The maximum atomic E-state index is 12.6. The van der Waals surface area contributed by atoms with E-state index >= 15 is 0 Å². The number of aromatic nitrogens is 1. The summed E-state index contributed by atoms with van der Waals surface area (Å²) < 4.78 is 10.3. The zero-order valence-corrected chi connectivity index (χ0v) is 15.3. The molecule has 1 aromatic rings. The number of carbonyl (C=O) groups excluding carboxylic acids is 2. The largest absolute Gasteiger partial charge is 0.463 e. The zero-order chi connectivity index (χ0) is 18.1. The van der Waals surface area contributed by atoms with Gasteiger partial charge in [-0.15, -0.1) is 11.3 Å². The Labute approximate surface area is 155 Å². The van der Waals surface area contributed by atoms with Gasteiger partial charge in [-0.2, -0.15) is 0 Å². The highest BCUT2D eigenvalue weighted by atomic mass is 32.1. The number of carbonyl (C=O) groups is 2. The molecule has 0 aliphatic carbocycles. The highest BCUT2D eigenvalue weighted by Gasteiger charge is 2.38. The van der Waals surface area contributed by atoms with Gasteiger partial charge in [0.2, 0.25) is 5.91 Å². The molecule has 4 rings (SSSR count). The van der Waals surface area contributed by atoms with Gasteiger partial charge < -0.3 is 19.3 Å². The molecule has 0 N–H and O–H groups in total. The second kappa shape index (κ2) is 7.16. The van der Waals surface area contributed by atoms with E-state index in [0.29, 0.717) is 45.0 Å². The van der Waals surface area contributed by atoms with Crippen LogP contribution in [0, 0.1) is 5.92 Å². The predicted molar refractivity (Wildman–Crippen MR) is 94.8 cm³/mol. The zero-order valence-electron chi connectivity index (χ0n) is 14.5. The van der Waals surface area contributed by atoms with E-state index in [-0.39, 0.29) is 24.3 Å². The van der Waals surface area contributed by atoms with E-state index in [1.807, 2.05) is 15.2 Å². The van der Waals surface area contributed by atoms with Gasteiger partial charge in [-0.3, -0.25) is 9.79 Å². The minimum absolute atomic E-state index is 0.0658. The minimum atomic E-state index is -0.365. The molecule has 1 amide bonds. The number of hydrogen-bond acceptors (Lipinski definition) is 8. The number of amides is 1. The molecule has 26 heavy (non-hydrogen) atoms. The van der Waals surface area contributed by atoms with Gasteiger partial charge in [0.1, 0.15) is 0 Å².